The molecule has 0 fully saturated rings. The molecule has 2 amide bonds. The number of hydrogen-bond donors (Lipinski definition) is 3. The van der Waals surface area contributed by atoms with E-state index in [4.69, 9.17) is 17.3 Å². The monoisotopic (exact) mass is 267 g/mol. The van der Waals surface area contributed by atoms with E-state index in [9.17, 15) is 4.79 Å². The lowest BCUT2D eigenvalue weighted by atomic mass is 10.3. The Hall–Kier alpha value is -1.72. The first-order valence-electron chi connectivity index (χ1n) is 4.81. The Labute approximate surface area is 107 Å². The van der Waals surface area contributed by atoms with Crippen molar-refractivity contribution in [3.05, 3.63) is 40.7 Å². The Morgan fingerprint density at radius 1 is 1.29 bits per heavy atom. The van der Waals surface area contributed by atoms with Crippen LogP contribution in [0.2, 0.25) is 5.02 Å². The first-order chi connectivity index (χ1) is 8.15. The Kier molecular flexibility index (Phi) is 3.51. The number of nitrogen functional groups attached to an aromatic ring is 1. The molecular formula is C11H10ClN3OS. The van der Waals surface area contributed by atoms with Gasteiger partial charge in [-0.05, 0) is 35.7 Å². The molecule has 4 nitrogen and oxygen atoms in total. The fraction of sp³-hybridized carbons (Fsp3) is 0. The molecule has 2 rings (SSSR count). The average Bonchev–Trinajstić information content (AvgIpc) is 2.75. The summed E-state index contributed by atoms with van der Waals surface area (Å²) in [6, 6.07) is 8.26. The highest BCUT2D eigenvalue weighted by Gasteiger charge is 2.06. The molecular weight excluding hydrogens is 258 g/mol. The van der Waals surface area contributed by atoms with Gasteiger partial charge in [0.25, 0.3) is 0 Å². The van der Waals surface area contributed by atoms with Crippen LogP contribution in [0.3, 0.4) is 0 Å². The van der Waals surface area contributed by atoms with Crippen molar-refractivity contribution in [1.82, 2.24) is 0 Å². The summed E-state index contributed by atoms with van der Waals surface area (Å²) in [5, 5.41) is 8.40. The summed E-state index contributed by atoms with van der Waals surface area (Å²) in [4.78, 5) is 11.6. The second-order valence-electron chi connectivity index (χ2n) is 3.30. The minimum atomic E-state index is -0.334. The number of carbonyl (C=O) groups is 1. The van der Waals surface area contributed by atoms with Gasteiger partial charge in [0.05, 0.1) is 15.7 Å². The first-order valence-corrected chi connectivity index (χ1v) is 6.07. The van der Waals surface area contributed by atoms with E-state index in [1.807, 2.05) is 17.5 Å². The molecule has 0 spiro atoms. The molecule has 88 valence electrons. The molecule has 0 atom stereocenters. The molecule has 1 heterocycles. The highest BCUT2D eigenvalue weighted by molar-refractivity contribution is 7.14. The van der Waals surface area contributed by atoms with Crippen LogP contribution in [0, 0.1) is 0 Å². The van der Waals surface area contributed by atoms with Crippen LogP contribution in [0.15, 0.2) is 35.7 Å². The van der Waals surface area contributed by atoms with Gasteiger partial charge in [-0.1, -0.05) is 11.6 Å². The van der Waals surface area contributed by atoms with Gasteiger partial charge in [-0.15, -0.1) is 11.3 Å². The van der Waals surface area contributed by atoms with Crippen molar-refractivity contribution in [2.24, 2.45) is 0 Å². The van der Waals surface area contributed by atoms with Crippen molar-refractivity contribution >= 4 is 45.3 Å². The highest BCUT2D eigenvalue weighted by Crippen LogP contribution is 2.24. The summed E-state index contributed by atoms with van der Waals surface area (Å²) in [5.41, 5.74) is 6.63. The highest BCUT2D eigenvalue weighted by atomic mass is 35.5. The van der Waals surface area contributed by atoms with E-state index in [2.05, 4.69) is 10.6 Å². The predicted octanol–water partition coefficient (Wildman–Crippen LogP) is 3.63. The van der Waals surface area contributed by atoms with Gasteiger partial charge in [0.15, 0.2) is 0 Å². The molecule has 17 heavy (non-hydrogen) atoms. The third-order valence-corrected chi connectivity index (χ3v) is 3.10. The minimum Gasteiger partial charge on any atom is -0.399 e. The van der Waals surface area contributed by atoms with Crippen LogP contribution in [-0.2, 0) is 0 Å². The third-order valence-electron chi connectivity index (χ3n) is 2.00. The first kappa shape index (κ1) is 11.8. The number of nitrogens with two attached hydrogens (primary N) is 1. The number of rotatable bonds is 2. The van der Waals surface area contributed by atoms with Crippen LogP contribution in [0.5, 0.6) is 0 Å². The fourth-order valence-electron chi connectivity index (χ4n) is 1.25. The van der Waals surface area contributed by atoms with E-state index in [1.165, 1.54) is 11.3 Å². The fourth-order valence-corrected chi connectivity index (χ4v) is 2.10. The van der Waals surface area contributed by atoms with Crippen LogP contribution in [-0.4, -0.2) is 6.03 Å². The summed E-state index contributed by atoms with van der Waals surface area (Å²) in [6.45, 7) is 0. The van der Waals surface area contributed by atoms with Gasteiger partial charge in [-0.2, -0.15) is 0 Å². The second kappa shape index (κ2) is 5.07. The molecule has 0 aliphatic heterocycles. The van der Waals surface area contributed by atoms with Crippen molar-refractivity contribution in [2.45, 2.75) is 0 Å². The van der Waals surface area contributed by atoms with E-state index >= 15 is 0 Å². The lowest BCUT2D eigenvalue weighted by molar-refractivity contribution is 0.262. The predicted molar refractivity (Wildman–Crippen MR) is 72.8 cm³/mol. The molecule has 0 saturated heterocycles. The maximum atomic E-state index is 11.6. The average molecular weight is 268 g/mol. The normalized spacial score (nSPS) is 9.94. The summed E-state index contributed by atoms with van der Waals surface area (Å²) < 4.78 is 0. The number of carbonyl (C=O) groups excluding carboxylic acids is 1. The molecule has 0 aliphatic rings. The third kappa shape index (κ3) is 3.12. The van der Waals surface area contributed by atoms with Gasteiger partial charge in [-0.25, -0.2) is 4.79 Å². The van der Waals surface area contributed by atoms with Gasteiger partial charge in [-0.3, -0.25) is 5.32 Å². The number of urea groups is 1. The maximum absolute atomic E-state index is 11.6. The van der Waals surface area contributed by atoms with Crippen molar-refractivity contribution in [2.75, 3.05) is 16.4 Å². The maximum Gasteiger partial charge on any atom is 0.324 e. The molecule has 0 saturated carbocycles. The topological polar surface area (TPSA) is 67.1 Å². The number of anilines is 3. The van der Waals surface area contributed by atoms with Crippen LogP contribution in [0.25, 0.3) is 0 Å². The van der Waals surface area contributed by atoms with E-state index in [0.29, 0.717) is 16.4 Å². The smallest absolute Gasteiger partial charge is 0.324 e. The SMILES string of the molecule is Nc1ccc(NC(=O)Nc2cccs2)c(Cl)c1. The quantitative estimate of drug-likeness (QED) is 0.728. The zero-order chi connectivity index (χ0) is 12.3. The Morgan fingerprint density at radius 3 is 2.76 bits per heavy atom. The van der Waals surface area contributed by atoms with Crippen molar-refractivity contribution in [3.63, 3.8) is 0 Å². The largest absolute Gasteiger partial charge is 0.399 e. The van der Waals surface area contributed by atoms with Gasteiger partial charge >= 0.3 is 6.03 Å². The lowest BCUT2D eigenvalue weighted by Crippen LogP contribution is -2.18. The van der Waals surface area contributed by atoms with Gasteiger partial charge < -0.3 is 11.1 Å². The van der Waals surface area contributed by atoms with Crippen LogP contribution in [0.1, 0.15) is 0 Å². The zero-order valence-electron chi connectivity index (χ0n) is 8.74. The molecule has 6 heteroatoms. The summed E-state index contributed by atoms with van der Waals surface area (Å²) >= 11 is 7.38. The van der Waals surface area contributed by atoms with E-state index in [-0.39, 0.29) is 6.03 Å². The van der Waals surface area contributed by atoms with Crippen LogP contribution >= 0.6 is 22.9 Å². The number of halogens is 1. The van der Waals surface area contributed by atoms with E-state index in [1.54, 1.807) is 18.2 Å². The Morgan fingerprint density at radius 2 is 2.12 bits per heavy atom. The molecule has 2 aromatic rings. The van der Waals surface area contributed by atoms with Crippen LogP contribution < -0.4 is 16.4 Å². The summed E-state index contributed by atoms with van der Waals surface area (Å²) in [7, 11) is 0. The lowest BCUT2D eigenvalue weighted by Gasteiger charge is -2.08. The van der Waals surface area contributed by atoms with Crippen LogP contribution in [0.4, 0.5) is 21.2 Å². The number of thiophene rings is 1. The molecule has 1 aromatic heterocycles. The molecule has 0 radical (unpaired) electrons. The van der Waals surface area contributed by atoms with E-state index < -0.39 is 0 Å². The number of amides is 2. The molecule has 0 aliphatic carbocycles. The standard InChI is InChI=1S/C11H10ClN3OS/c12-8-6-7(13)3-4-9(8)14-11(16)15-10-2-1-5-17-10/h1-6H,13H2,(H2,14,15,16). The Balaban J connectivity index is 2.03. The number of nitrogens with one attached hydrogen (secondary N) is 2. The van der Waals surface area contributed by atoms with Crippen molar-refractivity contribution < 1.29 is 4.79 Å². The Bertz CT molecular complexity index is 528. The molecule has 1 aromatic carbocycles. The van der Waals surface area contributed by atoms with Crippen molar-refractivity contribution in [3.8, 4) is 0 Å². The van der Waals surface area contributed by atoms with Crippen molar-refractivity contribution in [1.29, 1.82) is 0 Å². The summed E-state index contributed by atoms with van der Waals surface area (Å²) in [6.07, 6.45) is 0. The van der Waals surface area contributed by atoms with Gasteiger partial charge in [0.1, 0.15) is 0 Å². The molecule has 0 unspecified atom stereocenters. The zero-order valence-corrected chi connectivity index (χ0v) is 10.3. The van der Waals surface area contributed by atoms with E-state index in [0.717, 1.165) is 5.00 Å². The van der Waals surface area contributed by atoms with Gasteiger partial charge in [0, 0.05) is 5.69 Å². The second-order valence-corrected chi connectivity index (χ2v) is 4.65. The molecule has 0 bridgehead atoms. The minimum absolute atomic E-state index is 0.334. The number of benzene rings is 1. The summed E-state index contributed by atoms with van der Waals surface area (Å²) in [5.74, 6) is 0. The van der Waals surface area contributed by atoms with Gasteiger partial charge in [0.2, 0.25) is 0 Å². The molecule has 4 N–H and O–H groups in total. The number of hydrogen-bond acceptors (Lipinski definition) is 3.